The summed E-state index contributed by atoms with van der Waals surface area (Å²) in [6.07, 6.45) is 0.374. The van der Waals surface area contributed by atoms with E-state index in [1.807, 2.05) is 6.92 Å². The standard InChI is InChI=1S/C26H22BrCl3N2O5/c1-15-11-19(27)20(29)13-22(15)32-25(34)14-36-26(35)4-2-3-24(33)31-17-6-8-18(9-7-17)37-23-10-5-16(28)12-21(23)30/h5-13H,2-4,14H2,1H3,(H,31,33)(H,32,34). The molecule has 2 amide bonds. The highest BCUT2D eigenvalue weighted by atomic mass is 79.9. The molecule has 0 radical (unpaired) electrons. The fourth-order valence-corrected chi connectivity index (χ4v) is 4.16. The van der Waals surface area contributed by atoms with Gasteiger partial charge in [0.25, 0.3) is 5.91 Å². The molecule has 11 heteroatoms. The topological polar surface area (TPSA) is 93.7 Å². The molecule has 3 aromatic rings. The van der Waals surface area contributed by atoms with Gasteiger partial charge in [0.15, 0.2) is 6.61 Å². The average Bonchev–Trinajstić information content (AvgIpc) is 2.84. The number of carbonyl (C=O) groups excluding carboxylic acids is 3. The molecule has 0 aromatic heterocycles. The summed E-state index contributed by atoms with van der Waals surface area (Å²) in [7, 11) is 0. The van der Waals surface area contributed by atoms with Crippen molar-refractivity contribution in [2.45, 2.75) is 26.2 Å². The van der Waals surface area contributed by atoms with Crippen molar-refractivity contribution in [1.82, 2.24) is 0 Å². The lowest BCUT2D eigenvalue weighted by atomic mass is 10.2. The molecule has 0 fully saturated rings. The van der Waals surface area contributed by atoms with Crippen molar-refractivity contribution < 1.29 is 23.9 Å². The highest BCUT2D eigenvalue weighted by molar-refractivity contribution is 9.10. The minimum absolute atomic E-state index is 0.00152. The molecule has 0 aliphatic carbocycles. The number of anilines is 2. The summed E-state index contributed by atoms with van der Waals surface area (Å²) in [5.41, 5.74) is 1.90. The van der Waals surface area contributed by atoms with Gasteiger partial charge in [0.2, 0.25) is 5.91 Å². The zero-order valence-corrected chi connectivity index (χ0v) is 23.4. The molecule has 0 heterocycles. The van der Waals surface area contributed by atoms with Gasteiger partial charge in [-0.25, -0.2) is 0 Å². The van der Waals surface area contributed by atoms with Crippen molar-refractivity contribution in [3.05, 3.63) is 79.7 Å². The largest absolute Gasteiger partial charge is 0.456 e. The summed E-state index contributed by atoms with van der Waals surface area (Å²) in [5.74, 6) is -0.329. The van der Waals surface area contributed by atoms with Gasteiger partial charge in [-0.05, 0) is 89.4 Å². The van der Waals surface area contributed by atoms with Crippen LogP contribution < -0.4 is 15.4 Å². The minimum atomic E-state index is -0.573. The third kappa shape index (κ3) is 9.23. The normalized spacial score (nSPS) is 10.5. The molecule has 0 saturated carbocycles. The fraction of sp³-hybridized carbons (Fsp3) is 0.192. The number of hydrogen-bond donors (Lipinski definition) is 2. The van der Waals surface area contributed by atoms with Crippen LogP contribution in [-0.4, -0.2) is 24.4 Å². The number of rotatable bonds is 10. The van der Waals surface area contributed by atoms with Gasteiger partial charge < -0.3 is 20.1 Å². The predicted octanol–water partition coefficient (Wildman–Crippen LogP) is 7.80. The maximum atomic E-state index is 12.2. The van der Waals surface area contributed by atoms with Crippen molar-refractivity contribution in [2.75, 3.05) is 17.2 Å². The van der Waals surface area contributed by atoms with Gasteiger partial charge in [-0.1, -0.05) is 34.8 Å². The maximum absolute atomic E-state index is 12.2. The van der Waals surface area contributed by atoms with Gasteiger partial charge >= 0.3 is 5.97 Å². The summed E-state index contributed by atoms with van der Waals surface area (Å²) in [6, 6.07) is 15.0. The number of ether oxygens (including phenoxy) is 2. The first-order valence-corrected chi connectivity index (χ1v) is 13.0. The van der Waals surface area contributed by atoms with Gasteiger partial charge in [-0.3, -0.25) is 14.4 Å². The SMILES string of the molecule is Cc1cc(Br)c(Cl)cc1NC(=O)COC(=O)CCCC(=O)Nc1ccc(Oc2ccc(Cl)cc2Cl)cc1. The van der Waals surface area contributed by atoms with Crippen LogP contribution in [0.2, 0.25) is 15.1 Å². The first-order chi connectivity index (χ1) is 17.6. The van der Waals surface area contributed by atoms with Crippen LogP contribution in [0.15, 0.2) is 59.1 Å². The van der Waals surface area contributed by atoms with Gasteiger partial charge in [-0.15, -0.1) is 0 Å². The Kier molecular flexibility index (Phi) is 10.6. The van der Waals surface area contributed by atoms with Crippen LogP contribution in [0, 0.1) is 6.92 Å². The van der Waals surface area contributed by atoms with Crippen molar-refractivity contribution in [1.29, 1.82) is 0 Å². The van der Waals surface area contributed by atoms with Gasteiger partial charge in [0.1, 0.15) is 11.5 Å². The lowest BCUT2D eigenvalue weighted by molar-refractivity contribution is -0.147. The molecule has 0 aliphatic heterocycles. The molecular formula is C26H22BrCl3N2O5. The molecule has 37 heavy (non-hydrogen) atoms. The Labute approximate surface area is 237 Å². The van der Waals surface area contributed by atoms with E-state index >= 15 is 0 Å². The maximum Gasteiger partial charge on any atom is 0.306 e. The summed E-state index contributed by atoms with van der Waals surface area (Å²) in [5, 5.41) is 6.74. The first kappa shape index (κ1) is 28.8. The molecule has 3 rings (SSSR count). The number of hydrogen-bond acceptors (Lipinski definition) is 5. The molecule has 0 saturated heterocycles. The highest BCUT2D eigenvalue weighted by Crippen LogP contribution is 2.32. The smallest absolute Gasteiger partial charge is 0.306 e. The second-order valence-electron chi connectivity index (χ2n) is 7.89. The van der Waals surface area contributed by atoms with Crippen LogP contribution in [0.1, 0.15) is 24.8 Å². The molecule has 0 unspecified atom stereocenters. The highest BCUT2D eigenvalue weighted by Gasteiger charge is 2.12. The van der Waals surface area contributed by atoms with Gasteiger partial charge in [0, 0.05) is 33.7 Å². The van der Waals surface area contributed by atoms with Crippen molar-refractivity contribution in [2.24, 2.45) is 0 Å². The van der Waals surface area contributed by atoms with E-state index in [0.29, 0.717) is 42.4 Å². The van der Waals surface area contributed by atoms with Crippen molar-refractivity contribution >= 4 is 79.9 Å². The zero-order valence-electron chi connectivity index (χ0n) is 19.6. The first-order valence-electron chi connectivity index (χ1n) is 11.0. The number of aryl methyl sites for hydroxylation is 1. The molecule has 0 aliphatic rings. The molecule has 194 valence electrons. The van der Waals surface area contributed by atoms with E-state index in [0.717, 1.165) is 5.56 Å². The number of carbonyl (C=O) groups is 3. The van der Waals surface area contributed by atoms with E-state index in [4.69, 9.17) is 44.3 Å². The van der Waals surface area contributed by atoms with Crippen LogP contribution in [0.4, 0.5) is 11.4 Å². The molecule has 0 spiro atoms. The Morgan fingerprint density at radius 2 is 1.59 bits per heavy atom. The zero-order chi connectivity index (χ0) is 26.9. The number of amides is 2. The Hall–Kier alpha value is -2.78. The third-order valence-corrected chi connectivity index (χ3v) is 6.68. The molecule has 0 atom stereocenters. The molecular weight excluding hydrogens is 607 g/mol. The third-order valence-electron chi connectivity index (χ3n) is 4.95. The average molecular weight is 629 g/mol. The van der Waals surface area contributed by atoms with Crippen molar-refractivity contribution in [3.8, 4) is 11.5 Å². The van der Waals surface area contributed by atoms with Crippen LogP contribution in [0.5, 0.6) is 11.5 Å². The van der Waals surface area contributed by atoms with E-state index in [9.17, 15) is 14.4 Å². The lowest BCUT2D eigenvalue weighted by Gasteiger charge is -2.10. The summed E-state index contributed by atoms with van der Waals surface area (Å²) < 4.78 is 11.4. The molecule has 2 N–H and O–H groups in total. The Morgan fingerprint density at radius 1 is 0.865 bits per heavy atom. The van der Waals surface area contributed by atoms with Crippen LogP contribution >= 0.6 is 50.7 Å². The number of benzene rings is 3. The number of nitrogens with one attached hydrogen (secondary N) is 2. The summed E-state index contributed by atoms with van der Waals surface area (Å²) in [4.78, 5) is 36.2. The van der Waals surface area contributed by atoms with E-state index in [2.05, 4.69) is 26.6 Å². The number of halogens is 4. The van der Waals surface area contributed by atoms with Gasteiger partial charge in [0.05, 0.1) is 10.0 Å². The Balaban J connectivity index is 1.36. The summed E-state index contributed by atoms with van der Waals surface area (Å²) >= 11 is 21.4. The Bertz CT molecular complexity index is 1300. The molecule has 7 nitrogen and oxygen atoms in total. The lowest BCUT2D eigenvalue weighted by Crippen LogP contribution is -2.21. The van der Waals surface area contributed by atoms with Crippen LogP contribution in [0.25, 0.3) is 0 Å². The Morgan fingerprint density at radius 3 is 2.30 bits per heavy atom. The monoisotopic (exact) mass is 626 g/mol. The second kappa shape index (κ2) is 13.7. The van der Waals surface area contributed by atoms with Crippen LogP contribution in [0.3, 0.4) is 0 Å². The number of esters is 1. The quantitative estimate of drug-likeness (QED) is 0.224. The van der Waals surface area contributed by atoms with E-state index < -0.39 is 18.5 Å². The van der Waals surface area contributed by atoms with Gasteiger partial charge in [-0.2, -0.15) is 0 Å². The summed E-state index contributed by atoms with van der Waals surface area (Å²) in [6.45, 7) is 1.38. The van der Waals surface area contributed by atoms with Crippen molar-refractivity contribution in [3.63, 3.8) is 0 Å². The molecule has 3 aromatic carbocycles. The van der Waals surface area contributed by atoms with E-state index in [1.54, 1.807) is 54.6 Å². The minimum Gasteiger partial charge on any atom is -0.456 e. The molecule has 0 bridgehead atoms. The van der Waals surface area contributed by atoms with Crippen LogP contribution in [-0.2, 0) is 19.1 Å². The predicted molar refractivity (Wildman–Crippen MR) is 149 cm³/mol. The second-order valence-corrected chi connectivity index (χ2v) is 10.00. The van der Waals surface area contributed by atoms with E-state index in [1.165, 1.54) is 0 Å². The fourth-order valence-electron chi connectivity index (χ4n) is 3.09. The van der Waals surface area contributed by atoms with E-state index in [-0.39, 0.29) is 25.2 Å².